The lowest BCUT2D eigenvalue weighted by atomic mass is 9.82. The van der Waals surface area contributed by atoms with Gasteiger partial charge in [0, 0.05) is 28.7 Å². The van der Waals surface area contributed by atoms with Crippen molar-refractivity contribution in [3.05, 3.63) is 21.9 Å². The summed E-state index contributed by atoms with van der Waals surface area (Å²) in [6, 6.07) is 1.91. The van der Waals surface area contributed by atoms with E-state index in [2.05, 4.69) is 11.8 Å². The van der Waals surface area contributed by atoms with E-state index in [0.717, 1.165) is 10.4 Å². The normalized spacial score (nSPS) is 17.9. The molecule has 1 aliphatic heterocycles. The van der Waals surface area contributed by atoms with Gasteiger partial charge in [-0.05, 0) is 11.5 Å². The zero-order valence-corrected chi connectivity index (χ0v) is 12.5. The van der Waals surface area contributed by atoms with Gasteiger partial charge < -0.3 is 5.73 Å². The van der Waals surface area contributed by atoms with Gasteiger partial charge in [-0.3, -0.25) is 14.5 Å². The molecular weight excluding hydrogens is 272 g/mol. The highest BCUT2D eigenvalue weighted by Gasteiger charge is 2.37. The molecule has 1 aromatic rings. The molecule has 0 radical (unpaired) electrons. The molecule has 1 fully saturated rings. The Morgan fingerprint density at radius 2 is 2.00 bits per heavy atom. The molecule has 4 nitrogen and oxygen atoms in total. The maximum absolute atomic E-state index is 12.1. The van der Waals surface area contributed by atoms with E-state index in [0.29, 0.717) is 25.9 Å². The molecule has 106 valence electrons. The summed E-state index contributed by atoms with van der Waals surface area (Å²) in [6.07, 6.45) is 0.841. The first kappa shape index (κ1) is 14.8. The summed E-state index contributed by atoms with van der Waals surface area (Å²) in [4.78, 5) is 26.5. The Kier molecular flexibility index (Phi) is 4.26. The molecule has 0 spiro atoms. The lowest BCUT2D eigenvalue weighted by Crippen LogP contribution is -2.45. The molecule has 0 aromatic carbocycles. The second-order valence-corrected chi connectivity index (χ2v) is 6.69. The molecule has 1 saturated heterocycles. The lowest BCUT2D eigenvalue weighted by Gasteiger charge is -2.34. The smallest absolute Gasteiger partial charge is 0.230 e. The summed E-state index contributed by atoms with van der Waals surface area (Å²) >= 11 is 1.51. The van der Waals surface area contributed by atoms with Crippen molar-refractivity contribution in [1.82, 2.24) is 4.90 Å². The van der Waals surface area contributed by atoms with Crippen LogP contribution in [0.15, 0.2) is 11.4 Å². The average molecular weight is 290 g/mol. The Bertz CT molecular complexity index is 573. The number of nitrogens with two attached hydrogens (primary N) is 1. The van der Waals surface area contributed by atoms with E-state index in [1.54, 1.807) is 0 Å². The maximum Gasteiger partial charge on any atom is 0.230 e. The third-order valence-corrected chi connectivity index (χ3v) is 4.09. The average Bonchev–Trinajstić information content (AvgIpc) is 2.78. The minimum Gasteiger partial charge on any atom is -0.320 e. The van der Waals surface area contributed by atoms with Crippen LogP contribution in [-0.2, 0) is 16.1 Å². The predicted molar refractivity (Wildman–Crippen MR) is 78.8 cm³/mol. The van der Waals surface area contributed by atoms with Crippen LogP contribution in [-0.4, -0.2) is 23.3 Å². The van der Waals surface area contributed by atoms with Crippen molar-refractivity contribution in [3.63, 3.8) is 0 Å². The number of hydrogen-bond acceptors (Lipinski definition) is 4. The predicted octanol–water partition coefficient (Wildman–Crippen LogP) is 1.73. The fourth-order valence-corrected chi connectivity index (χ4v) is 3.03. The van der Waals surface area contributed by atoms with Gasteiger partial charge in [-0.2, -0.15) is 0 Å². The van der Waals surface area contributed by atoms with Gasteiger partial charge in [0.2, 0.25) is 11.8 Å². The molecule has 0 unspecified atom stereocenters. The summed E-state index contributed by atoms with van der Waals surface area (Å²) in [5.41, 5.74) is 5.98. The molecule has 0 atom stereocenters. The van der Waals surface area contributed by atoms with Gasteiger partial charge in [0.1, 0.15) is 0 Å². The zero-order valence-electron chi connectivity index (χ0n) is 11.7. The molecule has 2 N–H and O–H groups in total. The zero-order chi connectivity index (χ0) is 14.8. The summed E-state index contributed by atoms with van der Waals surface area (Å²) in [7, 11) is 0. The van der Waals surface area contributed by atoms with Crippen molar-refractivity contribution in [3.8, 4) is 11.8 Å². The second-order valence-electron chi connectivity index (χ2n) is 5.70. The number of piperidine rings is 1. The number of thiophene rings is 1. The summed E-state index contributed by atoms with van der Waals surface area (Å²) in [5.74, 6) is 5.55. The first-order chi connectivity index (χ1) is 9.41. The molecule has 2 rings (SSSR count). The first-order valence-corrected chi connectivity index (χ1v) is 7.39. The summed E-state index contributed by atoms with van der Waals surface area (Å²) < 4.78 is 0. The number of amides is 2. The fraction of sp³-hybridized carbons (Fsp3) is 0.467. The molecule has 0 aliphatic carbocycles. The Hall–Kier alpha value is -1.64. The number of imide groups is 1. The minimum atomic E-state index is -0.224. The SMILES string of the molecule is CC1(C)CC(=O)N(Cc2cc(C#CCN)cs2)C(=O)C1. The van der Waals surface area contributed by atoms with E-state index in [1.165, 1.54) is 16.2 Å². The van der Waals surface area contributed by atoms with Crippen LogP contribution in [0, 0.1) is 17.3 Å². The van der Waals surface area contributed by atoms with Crippen LogP contribution in [0.3, 0.4) is 0 Å². The minimum absolute atomic E-state index is 0.0887. The Labute approximate surface area is 123 Å². The van der Waals surface area contributed by atoms with Crippen LogP contribution in [0.2, 0.25) is 0 Å². The number of likely N-dealkylation sites (tertiary alicyclic amines) is 1. The van der Waals surface area contributed by atoms with Gasteiger partial charge in [-0.25, -0.2) is 0 Å². The monoisotopic (exact) mass is 290 g/mol. The van der Waals surface area contributed by atoms with Crippen LogP contribution < -0.4 is 5.73 Å². The van der Waals surface area contributed by atoms with Crippen LogP contribution in [0.1, 0.15) is 37.1 Å². The van der Waals surface area contributed by atoms with Crippen molar-refractivity contribution in [2.45, 2.75) is 33.2 Å². The van der Waals surface area contributed by atoms with Gasteiger partial charge >= 0.3 is 0 Å². The lowest BCUT2D eigenvalue weighted by molar-refractivity contribution is -0.153. The van der Waals surface area contributed by atoms with E-state index < -0.39 is 0 Å². The van der Waals surface area contributed by atoms with E-state index in [9.17, 15) is 9.59 Å². The van der Waals surface area contributed by atoms with E-state index >= 15 is 0 Å². The van der Waals surface area contributed by atoms with Crippen molar-refractivity contribution in [2.24, 2.45) is 11.1 Å². The van der Waals surface area contributed by atoms with Crippen molar-refractivity contribution >= 4 is 23.2 Å². The van der Waals surface area contributed by atoms with E-state index in [-0.39, 0.29) is 17.2 Å². The van der Waals surface area contributed by atoms with E-state index in [4.69, 9.17) is 5.73 Å². The van der Waals surface area contributed by atoms with Gasteiger partial charge in [0.05, 0.1) is 13.1 Å². The third-order valence-electron chi connectivity index (χ3n) is 3.16. The van der Waals surface area contributed by atoms with Crippen LogP contribution in [0.4, 0.5) is 0 Å². The summed E-state index contributed by atoms with van der Waals surface area (Å²) in [5, 5.41) is 1.92. The Morgan fingerprint density at radius 1 is 1.35 bits per heavy atom. The highest BCUT2D eigenvalue weighted by Crippen LogP contribution is 2.32. The van der Waals surface area contributed by atoms with Gasteiger partial charge in [-0.1, -0.05) is 25.7 Å². The fourth-order valence-electron chi connectivity index (χ4n) is 2.23. The maximum atomic E-state index is 12.1. The number of nitrogens with zero attached hydrogens (tertiary/aromatic N) is 1. The molecule has 2 amide bonds. The molecule has 5 heteroatoms. The molecule has 20 heavy (non-hydrogen) atoms. The van der Waals surface area contributed by atoms with Gasteiger partial charge in [-0.15, -0.1) is 11.3 Å². The van der Waals surface area contributed by atoms with Crippen molar-refractivity contribution in [1.29, 1.82) is 0 Å². The molecule has 1 aliphatic rings. The molecule has 0 saturated carbocycles. The molecule has 2 heterocycles. The molecule has 0 bridgehead atoms. The third kappa shape index (κ3) is 3.47. The van der Waals surface area contributed by atoms with Crippen LogP contribution >= 0.6 is 11.3 Å². The first-order valence-electron chi connectivity index (χ1n) is 6.51. The number of carbonyl (C=O) groups is 2. The topological polar surface area (TPSA) is 63.4 Å². The highest BCUT2D eigenvalue weighted by molar-refractivity contribution is 7.10. The standard InChI is InChI=1S/C15H18N2O2S/c1-15(2)7-13(18)17(14(19)8-15)9-12-6-11(10-20-12)4-3-5-16/h6,10H,5,7-9,16H2,1-2H3. The molecule has 1 aromatic heterocycles. The van der Waals surface area contributed by atoms with Gasteiger partial charge in [0.15, 0.2) is 0 Å². The van der Waals surface area contributed by atoms with Crippen LogP contribution in [0.25, 0.3) is 0 Å². The van der Waals surface area contributed by atoms with Crippen LogP contribution in [0.5, 0.6) is 0 Å². The number of rotatable bonds is 2. The summed E-state index contributed by atoms with van der Waals surface area (Å²) in [6.45, 7) is 4.57. The molecular formula is C15H18N2O2S. The highest BCUT2D eigenvalue weighted by atomic mass is 32.1. The number of carbonyl (C=O) groups excluding carboxylic acids is 2. The van der Waals surface area contributed by atoms with E-state index in [1.807, 2.05) is 25.3 Å². The van der Waals surface area contributed by atoms with Crippen molar-refractivity contribution < 1.29 is 9.59 Å². The largest absolute Gasteiger partial charge is 0.320 e. The second kappa shape index (κ2) is 5.78. The number of hydrogen-bond donors (Lipinski definition) is 1. The quantitative estimate of drug-likeness (QED) is 0.666. The van der Waals surface area contributed by atoms with Crippen molar-refractivity contribution in [2.75, 3.05) is 6.54 Å². The Balaban J connectivity index is 2.08. The Morgan fingerprint density at radius 3 is 2.60 bits per heavy atom. The van der Waals surface area contributed by atoms with Gasteiger partial charge in [0.25, 0.3) is 0 Å².